The fourth-order valence-corrected chi connectivity index (χ4v) is 2.16. The van der Waals surface area contributed by atoms with E-state index in [1.807, 2.05) is 24.3 Å². The van der Waals surface area contributed by atoms with E-state index in [1.165, 1.54) is 0 Å². The van der Waals surface area contributed by atoms with Gasteiger partial charge in [0.05, 0.1) is 10.0 Å². The van der Waals surface area contributed by atoms with Crippen molar-refractivity contribution in [3.05, 3.63) is 52.0 Å². The number of halogens is 2. The Morgan fingerprint density at radius 3 is 2.50 bits per heavy atom. The van der Waals surface area contributed by atoms with Gasteiger partial charge in [-0.15, -0.1) is 0 Å². The zero-order valence-corrected chi connectivity index (χ0v) is 11.2. The molecule has 0 bridgehead atoms. The van der Waals surface area contributed by atoms with E-state index >= 15 is 0 Å². The first-order valence-electron chi connectivity index (χ1n) is 5.57. The molecular formula is C14H13Cl2NO. The van der Waals surface area contributed by atoms with Crippen molar-refractivity contribution in [3.8, 4) is 11.1 Å². The van der Waals surface area contributed by atoms with Crippen LogP contribution in [-0.4, -0.2) is 11.7 Å². The summed E-state index contributed by atoms with van der Waals surface area (Å²) in [4.78, 5) is 0. The Kier molecular flexibility index (Phi) is 4.12. The summed E-state index contributed by atoms with van der Waals surface area (Å²) in [5.41, 5.74) is 9.53. The second kappa shape index (κ2) is 5.61. The molecule has 18 heavy (non-hydrogen) atoms. The maximum absolute atomic E-state index is 8.99. The van der Waals surface area contributed by atoms with E-state index in [4.69, 9.17) is 34.0 Å². The largest absolute Gasteiger partial charge is 0.398 e. The summed E-state index contributed by atoms with van der Waals surface area (Å²) >= 11 is 11.9. The summed E-state index contributed by atoms with van der Waals surface area (Å²) in [6.45, 7) is 0.0784. The third-order valence-electron chi connectivity index (χ3n) is 2.81. The first-order chi connectivity index (χ1) is 8.63. The van der Waals surface area contributed by atoms with Gasteiger partial charge in [-0.1, -0.05) is 47.5 Å². The molecule has 0 unspecified atom stereocenters. The zero-order chi connectivity index (χ0) is 13.1. The van der Waals surface area contributed by atoms with Crippen LogP contribution in [0.1, 0.15) is 5.56 Å². The van der Waals surface area contributed by atoms with Crippen molar-refractivity contribution in [3.63, 3.8) is 0 Å². The van der Waals surface area contributed by atoms with Crippen molar-refractivity contribution in [1.82, 2.24) is 0 Å². The average molecular weight is 282 g/mol. The van der Waals surface area contributed by atoms with Gasteiger partial charge in [-0.05, 0) is 29.7 Å². The van der Waals surface area contributed by atoms with Crippen LogP contribution in [-0.2, 0) is 6.42 Å². The van der Waals surface area contributed by atoms with Gasteiger partial charge in [0.15, 0.2) is 0 Å². The van der Waals surface area contributed by atoms with Gasteiger partial charge in [0, 0.05) is 17.9 Å². The van der Waals surface area contributed by atoms with E-state index in [2.05, 4.69) is 0 Å². The Morgan fingerprint density at radius 2 is 1.83 bits per heavy atom. The summed E-state index contributed by atoms with van der Waals surface area (Å²) in [5, 5.41) is 10.0. The number of hydrogen-bond acceptors (Lipinski definition) is 2. The highest BCUT2D eigenvalue weighted by Gasteiger charge is 2.08. The lowest BCUT2D eigenvalue weighted by molar-refractivity contribution is 0.300. The van der Waals surface area contributed by atoms with Gasteiger partial charge in [-0.25, -0.2) is 0 Å². The molecule has 2 nitrogen and oxygen atoms in total. The molecular weight excluding hydrogens is 269 g/mol. The van der Waals surface area contributed by atoms with E-state index in [0.29, 0.717) is 22.2 Å². The van der Waals surface area contributed by atoms with E-state index in [1.54, 1.807) is 12.1 Å². The number of rotatable bonds is 3. The fraction of sp³-hybridized carbons (Fsp3) is 0.143. The molecule has 2 rings (SSSR count). The van der Waals surface area contributed by atoms with Crippen molar-refractivity contribution < 1.29 is 5.11 Å². The topological polar surface area (TPSA) is 46.2 Å². The van der Waals surface area contributed by atoms with Crippen molar-refractivity contribution >= 4 is 28.9 Å². The third kappa shape index (κ3) is 2.61. The number of para-hydroxylation sites is 1. The summed E-state index contributed by atoms with van der Waals surface area (Å²) < 4.78 is 0. The lowest BCUT2D eigenvalue weighted by atomic mass is 9.99. The molecule has 0 aliphatic heterocycles. The SMILES string of the molecule is Nc1c(CCO)cccc1-c1ccc(Cl)c(Cl)c1. The minimum Gasteiger partial charge on any atom is -0.398 e. The van der Waals surface area contributed by atoms with Crippen molar-refractivity contribution in [2.75, 3.05) is 12.3 Å². The van der Waals surface area contributed by atoms with Crippen LogP contribution in [0.4, 0.5) is 5.69 Å². The second-order valence-corrected chi connectivity index (χ2v) is 4.80. The molecule has 0 heterocycles. The molecule has 0 spiro atoms. The van der Waals surface area contributed by atoms with Gasteiger partial charge < -0.3 is 10.8 Å². The molecule has 0 saturated carbocycles. The second-order valence-electron chi connectivity index (χ2n) is 3.98. The molecule has 4 heteroatoms. The highest BCUT2D eigenvalue weighted by atomic mass is 35.5. The fourth-order valence-electron chi connectivity index (χ4n) is 1.87. The average Bonchev–Trinajstić information content (AvgIpc) is 2.36. The van der Waals surface area contributed by atoms with E-state index in [9.17, 15) is 0 Å². The minimum atomic E-state index is 0.0784. The monoisotopic (exact) mass is 281 g/mol. The number of nitrogens with two attached hydrogens (primary N) is 1. The molecule has 0 aliphatic carbocycles. The summed E-state index contributed by atoms with van der Waals surface area (Å²) in [7, 11) is 0. The highest BCUT2D eigenvalue weighted by Crippen LogP contribution is 2.33. The molecule has 2 aromatic carbocycles. The van der Waals surface area contributed by atoms with Gasteiger partial charge >= 0.3 is 0 Å². The molecule has 3 N–H and O–H groups in total. The van der Waals surface area contributed by atoms with Crippen molar-refractivity contribution in [1.29, 1.82) is 0 Å². The number of anilines is 1. The quantitative estimate of drug-likeness (QED) is 0.841. The van der Waals surface area contributed by atoms with E-state index < -0.39 is 0 Å². The van der Waals surface area contributed by atoms with Crippen LogP contribution in [0, 0.1) is 0 Å². The van der Waals surface area contributed by atoms with Gasteiger partial charge in [0.1, 0.15) is 0 Å². The first kappa shape index (κ1) is 13.2. The van der Waals surface area contributed by atoms with E-state index in [0.717, 1.165) is 16.7 Å². The number of nitrogen functional groups attached to an aromatic ring is 1. The van der Waals surface area contributed by atoms with Crippen LogP contribution in [0.2, 0.25) is 10.0 Å². The Bertz CT molecular complexity index is 570. The van der Waals surface area contributed by atoms with Crippen LogP contribution in [0.25, 0.3) is 11.1 Å². The van der Waals surface area contributed by atoms with Gasteiger partial charge in [-0.2, -0.15) is 0 Å². The molecule has 0 fully saturated rings. The van der Waals surface area contributed by atoms with E-state index in [-0.39, 0.29) is 6.61 Å². The first-order valence-corrected chi connectivity index (χ1v) is 6.32. The molecule has 94 valence electrons. The molecule has 0 atom stereocenters. The molecule has 0 radical (unpaired) electrons. The molecule has 0 saturated heterocycles. The maximum Gasteiger partial charge on any atom is 0.0598 e. The summed E-state index contributed by atoms with van der Waals surface area (Å²) in [6, 6.07) is 11.2. The predicted molar refractivity (Wildman–Crippen MR) is 77.1 cm³/mol. The van der Waals surface area contributed by atoms with Gasteiger partial charge in [-0.3, -0.25) is 0 Å². The molecule has 0 aromatic heterocycles. The lowest BCUT2D eigenvalue weighted by Gasteiger charge is -2.11. The number of hydrogen-bond donors (Lipinski definition) is 2. The Hall–Kier alpha value is -1.22. The van der Waals surface area contributed by atoms with Crippen LogP contribution in [0.15, 0.2) is 36.4 Å². The summed E-state index contributed by atoms with van der Waals surface area (Å²) in [6.07, 6.45) is 0.543. The molecule has 2 aromatic rings. The number of aliphatic hydroxyl groups is 1. The minimum absolute atomic E-state index is 0.0784. The number of aliphatic hydroxyl groups excluding tert-OH is 1. The Balaban J connectivity index is 2.50. The number of benzene rings is 2. The highest BCUT2D eigenvalue weighted by molar-refractivity contribution is 6.42. The Morgan fingerprint density at radius 1 is 1.06 bits per heavy atom. The molecule has 0 aliphatic rings. The van der Waals surface area contributed by atoms with Crippen LogP contribution in [0.3, 0.4) is 0 Å². The van der Waals surface area contributed by atoms with Crippen molar-refractivity contribution in [2.24, 2.45) is 0 Å². The smallest absolute Gasteiger partial charge is 0.0598 e. The van der Waals surface area contributed by atoms with Crippen LogP contribution >= 0.6 is 23.2 Å². The zero-order valence-electron chi connectivity index (χ0n) is 9.66. The van der Waals surface area contributed by atoms with Crippen LogP contribution < -0.4 is 5.73 Å². The standard InChI is InChI=1S/C14H13Cl2NO/c15-12-5-4-10(8-13(12)16)11-3-1-2-9(6-7-18)14(11)17/h1-5,8,18H,6-7,17H2. The predicted octanol–water partition coefficient (Wildman–Crippen LogP) is 3.78. The normalized spacial score (nSPS) is 10.6. The maximum atomic E-state index is 8.99. The van der Waals surface area contributed by atoms with Crippen molar-refractivity contribution in [2.45, 2.75) is 6.42 Å². The Labute approximate surface area is 116 Å². The molecule has 0 amide bonds. The van der Waals surface area contributed by atoms with Crippen LogP contribution in [0.5, 0.6) is 0 Å². The van der Waals surface area contributed by atoms with Gasteiger partial charge in [0.25, 0.3) is 0 Å². The lowest BCUT2D eigenvalue weighted by Crippen LogP contribution is -1.99. The summed E-state index contributed by atoms with van der Waals surface area (Å²) in [5.74, 6) is 0. The van der Waals surface area contributed by atoms with Gasteiger partial charge in [0.2, 0.25) is 0 Å². The third-order valence-corrected chi connectivity index (χ3v) is 3.55.